The highest BCUT2D eigenvalue weighted by molar-refractivity contribution is 6.53. The fourth-order valence-corrected chi connectivity index (χ4v) is 4.44. The summed E-state index contributed by atoms with van der Waals surface area (Å²) in [6.07, 6.45) is 2.38. The second-order valence-corrected chi connectivity index (χ2v) is 10.9. The lowest BCUT2D eigenvalue weighted by atomic mass is 9.83. The highest BCUT2D eigenvalue weighted by Crippen LogP contribution is 2.36. The van der Waals surface area contributed by atoms with Gasteiger partial charge in [-0.2, -0.15) is 0 Å². The smallest absolute Gasteiger partial charge is 0.296 e. The molecule has 2 N–H and O–H groups in total. The van der Waals surface area contributed by atoms with Gasteiger partial charge >= 0.3 is 0 Å². The van der Waals surface area contributed by atoms with Gasteiger partial charge in [0.25, 0.3) is 5.91 Å². The molecule has 0 spiro atoms. The van der Waals surface area contributed by atoms with E-state index in [1.807, 2.05) is 0 Å². The van der Waals surface area contributed by atoms with Crippen LogP contribution >= 0.6 is 0 Å². The Balaban J connectivity index is 1.48. The largest absolute Gasteiger partial charge is 0.344 e. The minimum Gasteiger partial charge on any atom is -0.344 e. The van der Waals surface area contributed by atoms with Gasteiger partial charge in [0, 0.05) is 46.8 Å². The number of hydrogen-bond donors (Lipinski definition) is 2. The molecule has 1 aliphatic heterocycles. The number of likely N-dealkylation sites (tertiary alicyclic amines) is 1. The highest BCUT2D eigenvalue weighted by atomic mass is 16.2. The standard InChI is InChI=1S/C30H33N3O4/c1-19-11-14-33(15-12-19)16-13-31-26(34)10-6-20-5-8-23-24(17-20)22-9-7-21(32-29(37)30(2,3)4)18-25(22)28(36)27(23)35/h5,7-9,17-19H,11-16H2,1-4H3,(H,31,34)(H,32,37). The molecular formula is C30H33N3O4. The van der Waals surface area contributed by atoms with Gasteiger partial charge in [0.05, 0.1) is 0 Å². The lowest BCUT2D eigenvalue weighted by molar-refractivity contribution is -0.123. The summed E-state index contributed by atoms with van der Waals surface area (Å²) in [5.74, 6) is 4.50. The van der Waals surface area contributed by atoms with Crippen LogP contribution in [0.5, 0.6) is 0 Å². The van der Waals surface area contributed by atoms with E-state index in [1.54, 1.807) is 51.1 Å². The van der Waals surface area contributed by atoms with Crippen LogP contribution in [0.1, 0.15) is 66.8 Å². The van der Waals surface area contributed by atoms with Crippen molar-refractivity contribution in [3.05, 3.63) is 53.1 Å². The van der Waals surface area contributed by atoms with Gasteiger partial charge in [0.1, 0.15) is 0 Å². The number of nitrogens with zero attached hydrogens (tertiary/aromatic N) is 1. The number of anilines is 1. The molecule has 0 saturated carbocycles. The lowest BCUT2D eigenvalue weighted by Gasteiger charge is -2.29. The fourth-order valence-electron chi connectivity index (χ4n) is 4.44. The zero-order valence-corrected chi connectivity index (χ0v) is 21.9. The van der Waals surface area contributed by atoms with Crippen molar-refractivity contribution in [2.75, 3.05) is 31.5 Å². The average Bonchev–Trinajstić information content (AvgIpc) is 2.86. The minimum atomic E-state index is -0.615. The van der Waals surface area contributed by atoms with Gasteiger partial charge in [-0.3, -0.25) is 19.2 Å². The van der Waals surface area contributed by atoms with E-state index >= 15 is 0 Å². The van der Waals surface area contributed by atoms with E-state index in [2.05, 4.69) is 34.3 Å². The second-order valence-electron chi connectivity index (χ2n) is 10.9. The topological polar surface area (TPSA) is 95.6 Å². The predicted molar refractivity (Wildman–Crippen MR) is 143 cm³/mol. The first-order chi connectivity index (χ1) is 17.5. The second kappa shape index (κ2) is 10.7. The normalized spacial score (nSPS) is 15.8. The van der Waals surface area contributed by atoms with Crippen LogP contribution in [0.15, 0.2) is 36.4 Å². The number of hydrogen-bond acceptors (Lipinski definition) is 5. The maximum absolute atomic E-state index is 12.8. The molecule has 2 aromatic rings. The molecule has 2 aromatic carbocycles. The summed E-state index contributed by atoms with van der Waals surface area (Å²) in [6, 6.07) is 9.92. The first-order valence-corrected chi connectivity index (χ1v) is 12.7. The summed E-state index contributed by atoms with van der Waals surface area (Å²) in [6.45, 7) is 11.1. The van der Waals surface area contributed by atoms with E-state index in [9.17, 15) is 19.2 Å². The van der Waals surface area contributed by atoms with Crippen LogP contribution < -0.4 is 10.6 Å². The first-order valence-electron chi connectivity index (χ1n) is 12.7. The molecule has 1 aliphatic carbocycles. The number of carbonyl (C=O) groups is 4. The fraction of sp³-hybridized carbons (Fsp3) is 0.400. The summed E-state index contributed by atoms with van der Waals surface area (Å²) in [5.41, 5.74) is 2.13. The first kappa shape index (κ1) is 26.3. The van der Waals surface area contributed by atoms with Crippen molar-refractivity contribution < 1.29 is 19.2 Å². The Morgan fingerprint density at radius 2 is 1.62 bits per heavy atom. The molecule has 7 nitrogen and oxygen atoms in total. The Morgan fingerprint density at radius 1 is 0.946 bits per heavy atom. The summed E-state index contributed by atoms with van der Waals surface area (Å²) >= 11 is 0. The number of benzene rings is 2. The van der Waals surface area contributed by atoms with Crippen LogP contribution in [0.2, 0.25) is 0 Å². The molecule has 4 rings (SSSR count). The van der Waals surface area contributed by atoms with Crippen LogP contribution in [0.3, 0.4) is 0 Å². The third-order valence-corrected chi connectivity index (χ3v) is 6.87. The van der Waals surface area contributed by atoms with Crippen molar-refractivity contribution in [2.45, 2.75) is 40.5 Å². The maximum atomic E-state index is 12.8. The number of ketones is 2. The van der Waals surface area contributed by atoms with Crippen LogP contribution in [0, 0.1) is 23.2 Å². The third-order valence-electron chi connectivity index (χ3n) is 6.87. The number of fused-ring (bicyclic) bond motifs is 3. The van der Waals surface area contributed by atoms with Crippen LogP contribution in [0.4, 0.5) is 5.69 Å². The van der Waals surface area contributed by atoms with E-state index in [1.165, 1.54) is 18.9 Å². The molecule has 0 bridgehead atoms. The maximum Gasteiger partial charge on any atom is 0.296 e. The summed E-state index contributed by atoms with van der Waals surface area (Å²) in [7, 11) is 0. The van der Waals surface area contributed by atoms with Crippen LogP contribution in [-0.4, -0.2) is 54.5 Å². The van der Waals surface area contributed by atoms with Gasteiger partial charge in [-0.05, 0) is 73.3 Å². The van der Waals surface area contributed by atoms with Crippen LogP contribution in [-0.2, 0) is 9.59 Å². The summed E-state index contributed by atoms with van der Waals surface area (Å²) in [4.78, 5) is 52.5. The Bertz CT molecular complexity index is 1320. The van der Waals surface area contributed by atoms with Crippen molar-refractivity contribution >= 4 is 29.1 Å². The quantitative estimate of drug-likeness (QED) is 0.491. The van der Waals surface area contributed by atoms with Gasteiger partial charge in [0.2, 0.25) is 17.5 Å². The number of carbonyl (C=O) groups excluding carboxylic acids is 4. The molecule has 37 heavy (non-hydrogen) atoms. The van der Waals surface area contributed by atoms with Gasteiger partial charge in [-0.15, -0.1) is 0 Å². The molecule has 2 aliphatic rings. The van der Waals surface area contributed by atoms with Crippen molar-refractivity contribution in [1.82, 2.24) is 10.2 Å². The zero-order valence-electron chi connectivity index (χ0n) is 21.9. The number of Topliss-reactive ketones (excluding diaryl/α,β-unsaturated/α-hetero) is 2. The van der Waals surface area contributed by atoms with Gasteiger partial charge in [0.15, 0.2) is 0 Å². The molecule has 0 aromatic heterocycles. The molecule has 1 saturated heterocycles. The molecule has 192 valence electrons. The molecule has 0 radical (unpaired) electrons. The van der Waals surface area contributed by atoms with Gasteiger partial charge in [-0.1, -0.05) is 39.7 Å². The lowest BCUT2D eigenvalue weighted by Crippen LogP contribution is -2.38. The Labute approximate surface area is 218 Å². The number of piperidine rings is 1. The minimum absolute atomic E-state index is 0.191. The third kappa shape index (κ3) is 6.15. The summed E-state index contributed by atoms with van der Waals surface area (Å²) in [5, 5.41) is 5.65. The van der Waals surface area contributed by atoms with E-state index < -0.39 is 17.0 Å². The number of rotatable bonds is 4. The Kier molecular flexibility index (Phi) is 7.60. The van der Waals surface area contributed by atoms with E-state index in [4.69, 9.17) is 0 Å². The Hall–Kier alpha value is -3.76. The van der Waals surface area contributed by atoms with Crippen molar-refractivity contribution in [3.8, 4) is 23.0 Å². The van der Waals surface area contributed by atoms with Gasteiger partial charge in [-0.25, -0.2) is 0 Å². The van der Waals surface area contributed by atoms with E-state index in [0.29, 0.717) is 34.5 Å². The predicted octanol–water partition coefficient (Wildman–Crippen LogP) is 3.92. The van der Waals surface area contributed by atoms with Crippen molar-refractivity contribution in [3.63, 3.8) is 0 Å². The molecule has 7 heteroatoms. The van der Waals surface area contributed by atoms with Crippen LogP contribution in [0.25, 0.3) is 11.1 Å². The molecule has 0 unspecified atom stereocenters. The zero-order chi connectivity index (χ0) is 26.7. The molecular weight excluding hydrogens is 466 g/mol. The molecule has 2 amide bonds. The van der Waals surface area contributed by atoms with E-state index in [-0.39, 0.29) is 17.4 Å². The van der Waals surface area contributed by atoms with E-state index in [0.717, 1.165) is 25.6 Å². The van der Waals surface area contributed by atoms with Gasteiger partial charge < -0.3 is 15.5 Å². The molecule has 0 atom stereocenters. The highest BCUT2D eigenvalue weighted by Gasteiger charge is 2.31. The molecule has 1 heterocycles. The Morgan fingerprint density at radius 3 is 2.32 bits per heavy atom. The number of amides is 2. The van der Waals surface area contributed by atoms with Crippen molar-refractivity contribution in [2.24, 2.45) is 11.3 Å². The SMILES string of the molecule is CC1CCN(CCNC(=O)C#Cc2ccc3c(c2)-c2ccc(NC(=O)C(C)(C)C)cc2C(=O)C3=O)CC1. The average molecular weight is 500 g/mol. The number of nitrogens with one attached hydrogen (secondary N) is 2. The summed E-state index contributed by atoms with van der Waals surface area (Å²) < 4.78 is 0. The van der Waals surface area contributed by atoms with Crippen molar-refractivity contribution in [1.29, 1.82) is 0 Å². The monoisotopic (exact) mass is 499 g/mol. The molecule has 1 fully saturated rings.